The molecule has 214 valence electrons. The maximum atomic E-state index is 13.6. The highest BCUT2D eigenvalue weighted by Gasteiger charge is 2.33. The molecule has 40 heavy (non-hydrogen) atoms. The topological polar surface area (TPSA) is 118 Å². The zero-order valence-electron chi connectivity index (χ0n) is 22.1. The van der Waals surface area contributed by atoms with Gasteiger partial charge in [-0.25, -0.2) is 18.5 Å². The molecule has 1 aromatic carbocycles. The summed E-state index contributed by atoms with van der Waals surface area (Å²) < 4.78 is 76.0. The van der Waals surface area contributed by atoms with Gasteiger partial charge in [-0.1, -0.05) is 12.1 Å². The van der Waals surface area contributed by atoms with Gasteiger partial charge in [-0.2, -0.15) is 25.9 Å². The minimum absolute atomic E-state index is 0.00372. The number of aliphatic hydroxyl groups excluding tert-OH is 1. The first-order valence-electron chi connectivity index (χ1n) is 12.4. The van der Waals surface area contributed by atoms with Gasteiger partial charge in [0, 0.05) is 46.0 Å². The molecule has 0 spiro atoms. The summed E-state index contributed by atoms with van der Waals surface area (Å²) >= 11 is 0. The quantitative estimate of drug-likeness (QED) is 0.355. The Bertz CT molecular complexity index is 1660. The Morgan fingerprint density at radius 3 is 2.55 bits per heavy atom. The van der Waals surface area contributed by atoms with E-state index in [9.17, 15) is 26.7 Å². The highest BCUT2D eigenvalue weighted by molar-refractivity contribution is 7.87. The lowest BCUT2D eigenvalue weighted by molar-refractivity contribution is -0.138. The van der Waals surface area contributed by atoms with Gasteiger partial charge >= 0.3 is 16.4 Å². The van der Waals surface area contributed by atoms with E-state index in [1.807, 2.05) is 4.90 Å². The first-order chi connectivity index (χ1) is 18.9. The van der Waals surface area contributed by atoms with E-state index in [1.165, 1.54) is 44.0 Å². The molecule has 11 nitrogen and oxygen atoms in total. The molecule has 1 aliphatic rings. The predicted octanol–water partition coefficient (Wildman–Crippen LogP) is 2.49. The Balaban J connectivity index is 1.75. The molecule has 0 bridgehead atoms. The van der Waals surface area contributed by atoms with Crippen LogP contribution in [0.3, 0.4) is 0 Å². The summed E-state index contributed by atoms with van der Waals surface area (Å²) in [5, 5.41) is 15.0. The maximum absolute atomic E-state index is 13.6. The molecule has 0 amide bonds. The Morgan fingerprint density at radius 1 is 1.18 bits per heavy atom. The van der Waals surface area contributed by atoms with Crippen molar-refractivity contribution < 1.29 is 31.4 Å². The van der Waals surface area contributed by atoms with Crippen molar-refractivity contribution in [1.82, 2.24) is 27.9 Å². The van der Waals surface area contributed by atoms with Crippen LogP contribution in [0.1, 0.15) is 28.1 Å². The molecule has 5 rings (SSSR count). The number of aliphatic hydroxyl groups is 1. The van der Waals surface area contributed by atoms with Crippen molar-refractivity contribution >= 4 is 21.7 Å². The van der Waals surface area contributed by atoms with Gasteiger partial charge in [-0.15, -0.1) is 5.10 Å². The number of anilines is 1. The van der Waals surface area contributed by atoms with Crippen LogP contribution in [0.5, 0.6) is 0 Å². The van der Waals surface area contributed by atoms with Crippen LogP contribution in [-0.4, -0.2) is 81.8 Å². The Kier molecular flexibility index (Phi) is 7.33. The minimum Gasteiger partial charge on any atom is -0.390 e. The highest BCUT2D eigenvalue weighted by atomic mass is 32.2. The smallest absolute Gasteiger partial charge is 0.390 e. The molecule has 4 aromatic rings. The number of ether oxygens (including phenoxy) is 1. The summed E-state index contributed by atoms with van der Waals surface area (Å²) in [6, 6.07) is 5.64. The number of aromatic nitrogens is 5. The second-order valence-electron chi connectivity index (χ2n) is 9.52. The van der Waals surface area contributed by atoms with E-state index in [1.54, 1.807) is 12.1 Å². The Morgan fingerprint density at radius 2 is 1.90 bits per heavy atom. The lowest BCUT2D eigenvalue weighted by atomic mass is 9.98. The molecule has 0 atom stereocenters. The van der Waals surface area contributed by atoms with Gasteiger partial charge < -0.3 is 14.7 Å². The fraction of sp³-hybridized carbons (Fsp3) is 0.400. The van der Waals surface area contributed by atoms with Gasteiger partial charge in [0.2, 0.25) is 0 Å². The minimum atomic E-state index is -4.52. The lowest BCUT2D eigenvalue weighted by Crippen LogP contribution is -2.37. The van der Waals surface area contributed by atoms with Crippen LogP contribution < -0.4 is 4.90 Å². The third kappa shape index (κ3) is 4.93. The zero-order valence-corrected chi connectivity index (χ0v) is 22.9. The van der Waals surface area contributed by atoms with Crippen molar-refractivity contribution in [3.8, 4) is 11.4 Å². The van der Waals surface area contributed by atoms with E-state index in [0.717, 1.165) is 14.3 Å². The maximum Gasteiger partial charge on any atom is 0.416 e. The van der Waals surface area contributed by atoms with Crippen molar-refractivity contribution in [2.45, 2.75) is 26.1 Å². The zero-order chi connectivity index (χ0) is 28.8. The normalized spacial score (nSPS) is 14.9. The van der Waals surface area contributed by atoms with Crippen LogP contribution in [0.2, 0.25) is 0 Å². The Hall–Kier alpha value is -3.53. The number of alkyl halides is 3. The third-order valence-corrected chi connectivity index (χ3v) is 8.61. The van der Waals surface area contributed by atoms with Crippen LogP contribution in [0.15, 0.2) is 36.7 Å². The van der Waals surface area contributed by atoms with Crippen molar-refractivity contribution in [3.05, 3.63) is 64.7 Å². The fourth-order valence-electron chi connectivity index (χ4n) is 4.72. The first kappa shape index (κ1) is 28.0. The lowest BCUT2D eigenvalue weighted by Gasteiger charge is -2.28. The fourth-order valence-corrected chi connectivity index (χ4v) is 5.64. The number of morpholine rings is 1. The molecule has 0 radical (unpaired) electrons. The summed E-state index contributed by atoms with van der Waals surface area (Å²) in [5.74, 6) is 0.554. The van der Waals surface area contributed by atoms with E-state index in [0.29, 0.717) is 48.9 Å². The van der Waals surface area contributed by atoms with Gasteiger partial charge in [0.15, 0.2) is 17.3 Å². The average Bonchev–Trinajstić information content (AvgIpc) is 3.55. The average molecular weight is 580 g/mol. The monoisotopic (exact) mass is 579 g/mol. The van der Waals surface area contributed by atoms with Crippen molar-refractivity contribution in [1.29, 1.82) is 0 Å². The Labute approximate surface area is 228 Å². The molecule has 1 aliphatic heterocycles. The van der Waals surface area contributed by atoms with Crippen LogP contribution in [0.25, 0.3) is 17.0 Å². The van der Waals surface area contributed by atoms with Gasteiger partial charge in [0.1, 0.15) is 0 Å². The number of hydrogen-bond donors (Lipinski definition) is 1. The molecule has 0 saturated carbocycles. The summed E-state index contributed by atoms with van der Waals surface area (Å²) in [7, 11) is -1.16. The molecular weight excluding hydrogens is 551 g/mol. The van der Waals surface area contributed by atoms with Gasteiger partial charge in [0.25, 0.3) is 0 Å². The van der Waals surface area contributed by atoms with E-state index in [2.05, 4.69) is 9.97 Å². The summed E-state index contributed by atoms with van der Waals surface area (Å²) in [4.78, 5) is 10.8. The molecule has 4 heterocycles. The molecule has 15 heteroatoms. The predicted molar refractivity (Wildman–Crippen MR) is 140 cm³/mol. The van der Waals surface area contributed by atoms with Crippen LogP contribution in [0, 0.1) is 6.92 Å². The van der Waals surface area contributed by atoms with E-state index in [4.69, 9.17) is 9.84 Å². The van der Waals surface area contributed by atoms with Crippen LogP contribution in [-0.2, 0) is 34.2 Å². The SMILES string of the molecule is Cc1c(Cc2c(CO)nc3c(-c4nccn4S(=O)(=O)N(C)C)cc(N4CCOCC4)nn23)cccc1C(F)(F)F. The molecule has 1 N–H and O–H groups in total. The molecule has 0 unspecified atom stereocenters. The van der Waals surface area contributed by atoms with Gasteiger partial charge in [0.05, 0.1) is 42.3 Å². The van der Waals surface area contributed by atoms with Crippen molar-refractivity contribution in [3.63, 3.8) is 0 Å². The number of imidazole rings is 2. The number of hydrogen-bond acceptors (Lipinski definition) is 8. The number of benzene rings is 1. The van der Waals surface area contributed by atoms with E-state index in [-0.39, 0.29) is 29.1 Å². The third-order valence-electron chi connectivity index (χ3n) is 6.90. The summed E-state index contributed by atoms with van der Waals surface area (Å²) in [6.07, 6.45) is -1.86. The standard InChI is InChI=1S/C25H28F3N7O4S/c1-16-17(5-4-6-19(16)25(26,27)28)13-21-20(15-36)30-24-18(23-29-7-8-34(23)40(37,38)32(2)3)14-22(31-35(21)24)33-9-11-39-12-10-33/h4-8,14,36H,9-13,15H2,1-3H3. The molecular formula is C25H28F3N7O4S. The summed E-state index contributed by atoms with van der Waals surface area (Å²) in [6.45, 7) is 2.86. The summed E-state index contributed by atoms with van der Waals surface area (Å²) in [5.41, 5.74) is 0.830. The van der Waals surface area contributed by atoms with Crippen LogP contribution >= 0.6 is 0 Å². The molecule has 0 aliphatic carbocycles. The van der Waals surface area contributed by atoms with Crippen molar-refractivity contribution in [2.75, 3.05) is 45.3 Å². The van der Waals surface area contributed by atoms with E-state index >= 15 is 0 Å². The number of rotatable bonds is 7. The number of fused-ring (bicyclic) bond motifs is 1. The van der Waals surface area contributed by atoms with Crippen LogP contribution in [0.4, 0.5) is 19.0 Å². The second kappa shape index (κ2) is 10.5. The number of halogens is 3. The first-order valence-corrected chi connectivity index (χ1v) is 13.8. The molecule has 1 fully saturated rings. The van der Waals surface area contributed by atoms with Gasteiger partial charge in [-0.05, 0) is 30.2 Å². The van der Waals surface area contributed by atoms with Gasteiger partial charge in [-0.3, -0.25) is 0 Å². The molecule has 3 aromatic heterocycles. The highest BCUT2D eigenvalue weighted by Crippen LogP contribution is 2.35. The number of nitrogens with zero attached hydrogens (tertiary/aromatic N) is 7. The van der Waals surface area contributed by atoms with E-state index < -0.39 is 28.6 Å². The van der Waals surface area contributed by atoms with Crippen molar-refractivity contribution in [2.24, 2.45) is 0 Å². The largest absolute Gasteiger partial charge is 0.416 e. The molecule has 1 saturated heterocycles. The second-order valence-corrected chi connectivity index (χ2v) is 11.5.